The zero-order valence-corrected chi connectivity index (χ0v) is 12.3. The number of halogens is 1. The van der Waals surface area contributed by atoms with Crippen LogP contribution < -0.4 is 10.1 Å². The number of carbonyl (C=O) groups is 3. The SMILES string of the molecule is O=C(COc1ccccc1)NCC(=O)N1CCC(F)(C(=O)O)C1. The number of hydrogen-bond acceptors (Lipinski definition) is 4. The third kappa shape index (κ3) is 4.41. The van der Waals surface area contributed by atoms with Gasteiger partial charge in [0.25, 0.3) is 5.91 Å². The first-order valence-corrected chi connectivity index (χ1v) is 7.05. The Balaban J connectivity index is 1.72. The van der Waals surface area contributed by atoms with Crippen LogP contribution in [0.2, 0.25) is 0 Å². The molecule has 0 bridgehead atoms. The third-order valence-corrected chi connectivity index (χ3v) is 3.51. The Kier molecular flexibility index (Phi) is 5.15. The number of nitrogens with one attached hydrogen (secondary N) is 1. The van der Waals surface area contributed by atoms with Crippen molar-refractivity contribution in [1.29, 1.82) is 0 Å². The van der Waals surface area contributed by atoms with Crippen LogP contribution in [0.25, 0.3) is 0 Å². The van der Waals surface area contributed by atoms with E-state index in [9.17, 15) is 18.8 Å². The molecule has 0 aromatic heterocycles. The van der Waals surface area contributed by atoms with Crippen molar-refractivity contribution in [3.05, 3.63) is 30.3 Å². The summed E-state index contributed by atoms with van der Waals surface area (Å²) in [6.45, 7) is -1.07. The number of aliphatic carboxylic acids is 1. The molecule has 1 unspecified atom stereocenters. The second-order valence-electron chi connectivity index (χ2n) is 5.21. The minimum atomic E-state index is -2.41. The number of alkyl halides is 1. The van der Waals surface area contributed by atoms with Crippen molar-refractivity contribution in [1.82, 2.24) is 10.2 Å². The Morgan fingerprint density at radius 2 is 2.00 bits per heavy atom. The van der Waals surface area contributed by atoms with Gasteiger partial charge in [0.15, 0.2) is 6.61 Å². The Morgan fingerprint density at radius 3 is 2.61 bits per heavy atom. The number of carbonyl (C=O) groups excluding carboxylic acids is 2. The summed E-state index contributed by atoms with van der Waals surface area (Å²) in [4.78, 5) is 35.3. The van der Waals surface area contributed by atoms with E-state index in [-0.39, 0.29) is 26.1 Å². The van der Waals surface area contributed by atoms with Crippen LogP contribution in [0.3, 0.4) is 0 Å². The maximum absolute atomic E-state index is 13.9. The van der Waals surface area contributed by atoms with Crippen molar-refractivity contribution in [3.8, 4) is 5.75 Å². The maximum Gasteiger partial charge on any atom is 0.343 e. The zero-order chi connectivity index (χ0) is 16.9. The molecule has 0 saturated carbocycles. The molecule has 1 fully saturated rings. The highest BCUT2D eigenvalue weighted by molar-refractivity contribution is 5.87. The van der Waals surface area contributed by atoms with Crippen LogP contribution in [-0.4, -0.2) is 59.7 Å². The molecule has 1 heterocycles. The summed E-state index contributed by atoms with van der Waals surface area (Å²) in [5, 5.41) is 11.1. The van der Waals surface area contributed by atoms with Gasteiger partial charge in [0, 0.05) is 13.0 Å². The van der Waals surface area contributed by atoms with Gasteiger partial charge in [0.2, 0.25) is 11.6 Å². The minimum absolute atomic E-state index is 0.0119. The molecule has 1 aromatic rings. The van der Waals surface area contributed by atoms with Gasteiger partial charge in [-0.05, 0) is 12.1 Å². The number of ether oxygens (including phenoxy) is 1. The molecule has 1 aliphatic heterocycles. The molecule has 124 valence electrons. The summed E-state index contributed by atoms with van der Waals surface area (Å²) in [5.41, 5.74) is -2.41. The van der Waals surface area contributed by atoms with Gasteiger partial charge in [-0.25, -0.2) is 9.18 Å². The molecule has 23 heavy (non-hydrogen) atoms. The number of carboxylic acids is 1. The average molecular weight is 324 g/mol. The van der Waals surface area contributed by atoms with Crippen molar-refractivity contribution in [2.45, 2.75) is 12.1 Å². The van der Waals surface area contributed by atoms with Crippen molar-refractivity contribution in [2.75, 3.05) is 26.2 Å². The number of para-hydroxylation sites is 1. The molecule has 7 nitrogen and oxygen atoms in total. The summed E-state index contributed by atoms with van der Waals surface area (Å²) in [7, 11) is 0. The Morgan fingerprint density at radius 1 is 1.30 bits per heavy atom. The van der Waals surface area contributed by atoms with Gasteiger partial charge in [-0.2, -0.15) is 0 Å². The normalized spacial score (nSPS) is 20.1. The standard InChI is InChI=1S/C15H17FN2O5/c16-15(14(21)22)6-7-18(10-15)13(20)8-17-12(19)9-23-11-4-2-1-3-5-11/h1-5H,6-10H2,(H,17,19)(H,21,22). The number of nitrogens with zero attached hydrogens (tertiary/aromatic N) is 1. The summed E-state index contributed by atoms with van der Waals surface area (Å²) in [6, 6.07) is 8.71. The second-order valence-corrected chi connectivity index (χ2v) is 5.21. The van der Waals surface area contributed by atoms with Crippen LogP contribution in [0.1, 0.15) is 6.42 Å². The molecule has 0 radical (unpaired) electrons. The van der Waals surface area contributed by atoms with Gasteiger partial charge < -0.3 is 20.1 Å². The molecule has 0 aliphatic carbocycles. The van der Waals surface area contributed by atoms with Crippen molar-refractivity contribution in [2.24, 2.45) is 0 Å². The lowest BCUT2D eigenvalue weighted by molar-refractivity contribution is -0.150. The van der Waals surface area contributed by atoms with Crippen LogP contribution in [0.4, 0.5) is 4.39 Å². The number of carboxylic acid groups (broad SMARTS) is 1. The van der Waals surface area contributed by atoms with E-state index in [4.69, 9.17) is 9.84 Å². The third-order valence-electron chi connectivity index (χ3n) is 3.51. The van der Waals surface area contributed by atoms with Crippen molar-refractivity contribution >= 4 is 17.8 Å². The van der Waals surface area contributed by atoms with Gasteiger partial charge >= 0.3 is 5.97 Å². The average Bonchev–Trinajstić information content (AvgIpc) is 2.95. The minimum Gasteiger partial charge on any atom is -0.484 e. The highest BCUT2D eigenvalue weighted by atomic mass is 19.1. The lowest BCUT2D eigenvalue weighted by Crippen LogP contribution is -2.43. The van der Waals surface area contributed by atoms with Crippen LogP contribution in [0.15, 0.2) is 30.3 Å². The van der Waals surface area contributed by atoms with Crippen LogP contribution in [0.5, 0.6) is 5.75 Å². The molecule has 1 aromatic carbocycles. The first-order chi connectivity index (χ1) is 10.9. The van der Waals surface area contributed by atoms with Gasteiger partial charge in [-0.1, -0.05) is 18.2 Å². The van der Waals surface area contributed by atoms with Gasteiger partial charge in [0.05, 0.1) is 13.1 Å². The van der Waals surface area contributed by atoms with E-state index in [0.29, 0.717) is 5.75 Å². The first kappa shape index (κ1) is 16.7. The van der Waals surface area contributed by atoms with Gasteiger partial charge in [-0.15, -0.1) is 0 Å². The topological polar surface area (TPSA) is 95.9 Å². The summed E-state index contributed by atoms with van der Waals surface area (Å²) < 4.78 is 19.1. The van der Waals surface area contributed by atoms with Crippen molar-refractivity contribution < 1.29 is 28.6 Å². The lowest BCUT2D eigenvalue weighted by Gasteiger charge is -2.18. The molecular weight excluding hydrogens is 307 g/mol. The Bertz CT molecular complexity index is 595. The van der Waals surface area contributed by atoms with E-state index in [1.807, 2.05) is 6.07 Å². The maximum atomic E-state index is 13.9. The number of rotatable bonds is 6. The predicted molar refractivity (Wildman–Crippen MR) is 77.6 cm³/mol. The molecule has 1 aliphatic rings. The van der Waals surface area contributed by atoms with E-state index >= 15 is 0 Å². The quantitative estimate of drug-likeness (QED) is 0.780. The number of benzene rings is 1. The molecule has 1 saturated heterocycles. The van der Waals surface area contributed by atoms with E-state index in [1.54, 1.807) is 24.3 Å². The number of hydrogen-bond donors (Lipinski definition) is 2. The van der Waals surface area contributed by atoms with Gasteiger partial charge in [0.1, 0.15) is 5.75 Å². The molecule has 0 spiro atoms. The number of likely N-dealkylation sites (tertiary alicyclic amines) is 1. The molecule has 1 atom stereocenters. The highest BCUT2D eigenvalue weighted by Crippen LogP contribution is 2.25. The fraction of sp³-hybridized carbons (Fsp3) is 0.400. The fourth-order valence-corrected chi connectivity index (χ4v) is 2.16. The highest BCUT2D eigenvalue weighted by Gasteiger charge is 2.46. The number of amides is 2. The molecule has 2 rings (SSSR count). The van der Waals surface area contributed by atoms with Crippen LogP contribution in [0, 0.1) is 0 Å². The van der Waals surface area contributed by atoms with E-state index in [0.717, 1.165) is 4.90 Å². The van der Waals surface area contributed by atoms with Crippen molar-refractivity contribution in [3.63, 3.8) is 0 Å². The Hall–Kier alpha value is -2.64. The molecule has 2 amide bonds. The monoisotopic (exact) mass is 324 g/mol. The fourth-order valence-electron chi connectivity index (χ4n) is 2.16. The summed E-state index contributed by atoms with van der Waals surface area (Å²) in [6.07, 6.45) is -0.251. The van der Waals surface area contributed by atoms with E-state index in [1.165, 1.54) is 0 Å². The second kappa shape index (κ2) is 7.08. The smallest absolute Gasteiger partial charge is 0.343 e. The summed E-state index contributed by atoms with van der Waals surface area (Å²) in [5.74, 6) is -2.07. The summed E-state index contributed by atoms with van der Waals surface area (Å²) >= 11 is 0. The van der Waals surface area contributed by atoms with E-state index < -0.39 is 30.0 Å². The lowest BCUT2D eigenvalue weighted by atomic mass is 10.1. The molecule has 8 heteroatoms. The van der Waals surface area contributed by atoms with Crippen LogP contribution >= 0.6 is 0 Å². The van der Waals surface area contributed by atoms with Crippen LogP contribution in [-0.2, 0) is 14.4 Å². The molecule has 2 N–H and O–H groups in total. The van der Waals surface area contributed by atoms with E-state index in [2.05, 4.69) is 5.32 Å². The van der Waals surface area contributed by atoms with Gasteiger partial charge in [-0.3, -0.25) is 9.59 Å². The predicted octanol–water partition coefficient (Wildman–Crippen LogP) is 0.207. The Labute approximate surface area is 132 Å². The molecular formula is C15H17FN2O5. The zero-order valence-electron chi connectivity index (χ0n) is 12.3. The largest absolute Gasteiger partial charge is 0.484 e. The first-order valence-electron chi connectivity index (χ1n) is 7.05.